The summed E-state index contributed by atoms with van der Waals surface area (Å²) in [5.41, 5.74) is 6.70. The molecule has 0 fully saturated rings. The van der Waals surface area contributed by atoms with Crippen LogP contribution in [0.2, 0.25) is 5.02 Å². The number of nitrogens with one attached hydrogen (secondary N) is 1. The van der Waals surface area contributed by atoms with E-state index in [0.717, 1.165) is 0 Å². The molecule has 1 aromatic carbocycles. The number of amides is 1. The summed E-state index contributed by atoms with van der Waals surface area (Å²) in [5.74, 6) is -0.114. The summed E-state index contributed by atoms with van der Waals surface area (Å²) in [6.45, 7) is 3.78. The molecule has 1 heterocycles. The van der Waals surface area contributed by atoms with E-state index in [1.807, 2.05) is 0 Å². The number of carbonyl (C=O) groups is 1. The Hall–Kier alpha value is -2.03. The van der Waals surface area contributed by atoms with E-state index < -0.39 is 15.9 Å². The molecule has 0 unspecified atom stereocenters. The van der Waals surface area contributed by atoms with Gasteiger partial charge < -0.3 is 15.5 Å². The van der Waals surface area contributed by atoms with E-state index in [4.69, 9.17) is 26.9 Å². The first-order valence-electron chi connectivity index (χ1n) is 7.68. The minimum atomic E-state index is -4.13. The van der Waals surface area contributed by atoms with E-state index >= 15 is 0 Å². The summed E-state index contributed by atoms with van der Waals surface area (Å²) in [5, 5.41) is 8.43. The Kier molecular flexibility index (Phi) is 5.76. The van der Waals surface area contributed by atoms with Crippen molar-refractivity contribution >= 4 is 33.2 Å². The van der Waals surface area contributed by atoms with Gasteiger partial charge in [0.25, 0.3) is 5.91 Å². The molecule has 1 aromatic heterocycles. The zero-order valence-corrected chi connectivity index (χ0v) is 15.5. The number of halogens is 1. The van der Waals surface area contributed by atoms with E-state index in [0.29, 0.717) is 23.4 Å². The van der Waals surface area contributed by atoms with E-state index in [9.17, 15) is 13.2 Å². The van der Waals surface area contributed by atoms with Crippen molar-refractivity contribution in [3.05, 3.63) is 45.9 Å². The Morgan fingerprint density at radius 2 is 1.92 bits per heavy atom. The van der Waals surface area contributed by atoms with Crippen molar-refractivity contribution in [2.45, 2.75) is 38.1 Å². The van der Waals surface area contributed by atoms with E-state index in [1.165, 1.54) is 6.26 Å². The molecule has 5 N–H and O–H groups in total. The molecule has 25 heavy (non-hydrogen) atoms. The number of nitrogens with two attached hydrogens (primary N) is 2. The number of primary sulfonamides is 1. The Morgan fingerprint density at radius 3 is 2.36 bits per heavy atom. The molecular formula is C16H20ClN3O4S. The van der Waals surface area contributed by atoms with Crippen LogP contribution in [0, 0.1) is 0 Å². The summed E-state index contributed by atoms with van der Waals surface area (Å²) in [6.07, 6.45) is 2.14. The van der Waals surface area contributed by atoms with Gasteiger partial charge in [-0.15, -0.1) is 0 Å². The maximum absolute atomic E-state index is 12.1. The van der Waals surface area contributed by atoms with Gasteiger partial charge in [-0.3, -0.25) is 4.79 Å². The molecule has 0 bridgehead atoms. The van der Waals surface area contributed by atoms with Crippen LogP contribution < -0.4 is 16.2 Å². The molecule has 0 aliphatic heterocycles. The van der Waals surface area contributed by atoms with Gasteiger partial charge in [0.05, 0.1) is 29.1 Å². The van der Waals surface area contributed by atoms with Crippen LogP contribution in [0.5, 0.6) is 0 Å². The molecule has 0 spiro atoms. The third-order valence-electron chi connectivity index (χ3n) is 3.85. The predicted molar refractivity (Wildman–Crippen MR) is 96.1 cm³/mol. The number of hydrogen-bond donors (Lipinski definition) is 3. The second-order valence-electron chi connectivity index (χ2n) is 5.40. The van der Waals surface area contributed by atoms with E-state index in [-0.39, 0.29) is 34.0 Å². The van der Waals surface area contributed by atoms with Crippen molar-refractivity contribution < 1.29 is 17.6 Å². The highest BCUT2D eigenvalue weighted by Gasteiger charge is 2.29. The van der Waals surface area contributed by atoms with Crippen LogP contribution in [0.15, 0.2) is 27.7 Å². The van der Waals surface area contributed by atoms with Gasteiger partial charge >= 0.3 is 0 Å². The van der Waals surface area contributed by atoms with Gasteiger partial charge in [0.2, 0.25) is 10.0 Å². The zero-order valence-electron chi connectivity index (χ0n) is 13.9. The van der Waals surface area contributed by atoms with Crippen LogP contribution in [0.25, 0.3) is 0 Å². The molecular weight excluding hydrogens is 366 g/mol. The average molecular weight is 386 g/mol. The Labute approximate surface area is 151 Å². The van der Waals surface area contributed by atoms with Crippen molar-refractivity contribution in [2.24, 2.45) is 10.9 Å². The number of hydrogen-bond acceptors (Lipinski definition) is 5. The zero-order chi connectivity index (χ0) is 18.8. The van der Waals surface area contributed by atoms with Crippen LogP contribution in [-0.4, -0.2) is 14.3 Å². The molecule has 2 rings (SSSR count). The highest BCUT2D eigenvalue weighted by molar-refractivity contribution is 7.89. The molecule has 0 radical (unpaired) electrons. The van der Waals surface area contributed by atoms with Gasteiger partial charge in [-0.25, -0.2) is 13.6 Å². The first-order valence-corrected chi connectivity index (χ1v) is 9.60. The minimum absolute atomic E-state index is 0.00814. The normalized spacial score (nSPS) is 11.5. The monoisotopic (exact) mass is 385 g/mol. The van der Waals surface area contributed by atoms with E-state index in [1.54, 1.807) is 26.0 Å². The summed E-state index contributed by atoms with van der Waals surface area (Å²) in [4.78, 5) is 11.9. The number of rotatable bonds is 7. The lowest BCUT2D eigenvalue weighted by Crippen LogP contribution is -2.23. The number of anilines is 1. The van der Waals surface area contributed by atoms with Crippen LogP contribution in [0.3, 0.4) is 0 Å². The average Bonchev–Trinajstić information content (AvgIpc) is 3.03. The van der Waals surface area contributed by atoms with Gasteiger partial charge in [-0.05, 0) is 36.1 Å². The lowest BCUT2D eigenvalue weighted by atomic mass is 9.96. The fourth-order valence-corrected chi connectivity index (χ4v) is 4.44. The smallest absolute Gasteiger partial charge is 0.251 e. The van der Waals surface area contributed by atoms with Crippen LogP contribution in [0.4, 0.5) is 5.69 Å². The largest absolute Gasteiger partial charge is 0.467 e. The second-order valence-corrected chi connectivity index (χ2v) is 7.28. The molecule has 9 heteroatoms. The first-order chi connectivity index (χ1) is 11.7. The molecule has 7 nitrogen and oxygen atoms in total. The first kappa shape index (κ1) is 19.3. The van der Waals surface area contributed by atoms with Crippen molar-refractivity contribution in [3.8, 4) is 0 Å². The Morgan fingerprint density at radius 1 is 1.28 bits per heavy atom. The fourth-order valence-electron chi connectivity index (χ4n) is 2.82. The molecule has 0 saturated heterocycles. The second kappa shape index (κ2) is 7.47. The van der Waals surface area contributed by atoms with Gasteiger partial charge in [0, 0.05) is 0 Å². The third-order valence-corrected chi connectivity index (χ3v) is 5.40. The maximum Gasteiger partial charge on any atom is 0.251 e. The van der Waals surface area contributed by atoms with Crippen molar-refractivity contribution in [3.63, 3.8) is 0 Å². The number of primary amides is 1. The highest BCUT2D eigenvalue weighted by atomic mass is 35.5. The number of benzene rings is 1. The topological polar surface area (TPSA) is 128 Å². The highest BCUT2D eigenvalue weighted by Crippen LogP contribution is 2.38. The molecule has 0 atom stereocenters. The number of carbonyl (C=O) groups excluding carboxylic acids is 1. The summed E-state index contributed by atoms with van der Waals surface area (Å²) >= 11 is 6.35. The lowest BCUT2D eigenvalue weighted by molar-refractivity contribution is 0.1000. The van der Waals surface area contributed by atoms with Crippen LogP contribution >= 0.6 is 11.6 Å². The lowest BCUT2D eigenvalue weighted by Gasteiger charge is -2.21. The SMILES string of the molecule is CCc1c(Cl)c(S(N)(=O)=O)c(CC)c(C(N)=O)c1NCc1ccco1. The molecule has 2 aromatic rings. The van der Waals surface area contributed by atoms with Gasteiger partial charge in [-0.1, -0.05) is 25.4 Å². The minimum Gasteiger partial charge on any atom is -0.467 e. The maximum atomic E-state index is 12.1. The summed E-state index contributed by atoms with van der Waals surface area (Å²) in [6, 6.07) is 3.50. The standard InChI is InChI=1S/C16H20ClN3O4S/c1-3-10-12(16(18)21)14(20-8-9-6-5-7-24-9)11(4-2)13(17)15(10)25(19,22)23/h5-7,20H,3-4,8H2,1-2H3,(H2,18,21)(H2,19,22,23). The van der Waals surface area contributed by atoms with Crippen molar-refractivity contribution in [2.75, 3.05) is 5.32 Å². The quantitative estimate of drug-likeness (QED) is 0.674. The van der Waals surface area contributed by atoms with E-state index in [2.05, 4.69) is 5.32 Å². The molecule has 0 aliphatic carbocycles. The summed E-state index contributed by atoms with van der Waals surface area (Å²) in [7, 11) is -4.13. The van der Waals surface area contributed by atoms with Crippen molar-refractivity contribution in [1.82, 2.24) is 0 Å². The third kappa shape index (κ3) is 3.81. The summed E-state index contributed by atoms with van der Waals surface area (Å²) < 4.78 is 29.3. The van der Waals surface area contributed by atoms with Gasteiger partial charge in [-0.2, -0.15) is 0 Å². The molecule has 0 saturated carbocycles. The molecule has 1 amide bonds. The Balaban J connectivity index is 2.76. The molecule has 0 aliphatic rings. The van der Waals surface area contributed by atoms with Gasteiger partial charge in [0.15, 0.2) is 0 Å². The van der Waals surface area contributed by atoms with Crippen molar-refractivity contribution in [1.29, 1.82) is 0 Å². The number of furan rings is 1. The fraction of sp³-hybridized carbons (Fsp3) is 0.312. The van der Waals surface area contributed by atoms with Gasteiger partial charge in [0.1, 0.15) is 10.7 Å². The predicted octanol–water partition coefficient (Wildman–Crippen LogP) is 2.42. The van der Waals surface area contributed by atoms with Crippen LogP contribution in [0.1, 0.15) is 41.1 Å². The Bertz CT molecular complexity index is 893. The number of sulfonamides is 1. The molecule has 136 valence electrons. The van der Waals surface area contributed by atoms with Crippen LogP contribution in [-0.2, 0) is 29.4 Å².